The minimum absolute atomic E-state index is 0.0170. The second-order valence-electron chi connectivity index (χ2n) is 8.24. The van der Waals surface area contributed by atoms with Crippen LogP contribution in [0, 0.1) is 11.8 Å². The van der Waals surface area contributed by atoms with E-state index in [-0.39, 0.29) is 48.9 Å². The molecule has 1 rings (SSSR count). The van der Waals surface area contributed by atoms with Crippen LogP contribution in [0.1, 0.15) is 58.4 Å². The van der Waals surface area contributed by atoms with E-state index in [1.807, 2.05) is 50.4 Å². The Kier molecular flexibility index (Phi) is 14.2. The normalized spacial score (nSPS) is 13.5. The SMILES string of the molecule is CC[C@H](C)[C@H](CC(=O)[C@H](CCSC)NC(C)=O)C(=O)NCCCC(=O)OCc1ccccc1. The van der Waals surface area contributed by atoms with Gasteiger partial charge in [0, 0.05) is 32.2 Å². The fourth-order valence-corrected chi connectivity index (χ4v) is 3.85. The molecule has 0 aliphatic rings. The second kappa shape index (κ2) is 16.3. The van der Waals surface area contributed by atoms with Crippen LogP contribution in [0.4, 0.5) is 0 Å². The monoisotopic (exact) mass is 478 g/mol. The highest BCUT2D eigenvalue weighted by molar-refractivity contribution is 7.98. The minimum atomic E-state index is -0.575. The van der Waals surface area contributed by atoms with Crippen LogP contribution in [0.3, 0.4) is 0 Å². The van der Waals surface area contributed by atoms with Gasteiger partial charge in [-0.05, 0) is 36.3 Å². The second-order valence-corrected chi connectivity index (χ2v) is 9.22. The van der Waals surface area contributed by atoms with Crippen LogP contribution in [0.2, 0.25) is 0 Å². The number of benzene rings is 1. The molecule has 2 amide bonds. The molecule has 0 radical (unpaired) electrons. The van der Waals surface area contributed by atoms with Gasteiger partial charge in [-0.3, -0.25) is 19.2 Å². The van der Waals surface area contributed by atoms with Crippen molar-refractivity contribution in [2.24, 2.45) is 11.8 Å². The summed E-state index contributed by atoms with van der Waals surface area (Å²) < 4.78 is 5.25. The minimum Gasteiger partial charge on any atom is -0.461 e. The van der Waals surface area contributed by atoms with Gasteiger partial charge in [-0.15, -0.1) is 0 Å². The number of hydrogen-bond donors (Lipinski definition) is 2. The number of esters is 1. The molecular weight excluding hydrogens is 440 g/mol. The average Bonchev–Trinajstić information content (AvgIpc) is 2.81. The van der Waals surface area contributed by atoms with Crippen molar-refractivity contribution in [3.8, 4) is 0 Å². The van der Waals surface area contributed by atoms with Gasteiger partial charge in [0.2, 0.25) is 11.8 Å². The summed E-state index contributed by atoms with van der Waals surface area (Å²) in [5.41, 5.74) is 0.926. The van der Waals surface area contributed by atoms with Gasteiger partial charge in [0.15, 0.2) is 5.78 Å². The maximum absolute atomic E-state index is 12.9. The zero-order valence-corrected chi connectivity index (χ0v) is 21.0. The highest BCUT2D eigenvalue weighted by Gasteiger charge is 2.30. The van der Waals surface area contributed by atoms with Crippen molar-refractivity contribution in [3.05, 3.63) is 35.9 Å². The Balaban J connectivity index is 2.51. The lowest BCUT2D eigenvalue weighted by atomic mass is 9.85. The van der Waals surface area contributed by atoms with Crippen molar-refractivity contribution in [3.63, 3.8) is 0 Å². The van der Waals surface area contributed by atoms with Crippen molar-refractivity contribution < 1.29 is 23.9 Å². The first-order valence-corrected chi connectivity index (χ1v) is 12.9. The molecule has 184 valence electrons. The van der Waals surface area contributed by atoms with Gasteiger partial charge >= 0.3 is 5.97 Å². The predicted molar refractivity (Wildman–Crippen MR) is 132 cm³/mol. The number of carbonyl (C=O) groups excluding carboxylic acids is 4. The van der Waals surface area contributed by atoms with Gasteiger partial charge in [0.1, 0.15) is 6.61 Å². The third-order valence-corrected chi connectivity index (χ3v) is 6.21. The molecule has 0 heterocycles. The molecule has 0 aromatic heterocycles. The summed E-state index contributed by atoms with van der Waals surface area (Å²) in [6.45, 7) is 5.90. The quantitative estimate of drug-likeness (QED) is 0.279. The van der Waals surface area contributed by atoms with E-state index < -0.39 is 12.0 Å². The lowest BCUT2D eigenvalue weighted by Gasteiger charge is -2.24. The van der Waals surface area contributed by atoms with E-state index in [4.69, 9.17) is 4.74 Å². The number of ketones is 1. The zero-order chi connectivity index (χ0) is 24.6. The van der Waals surface area contributed by atoms with Gasteiger partial charge in [0.05, 0.1) is 6.04 Å². The Hall–Kier alpha value is -2.35. The number of Topliss-reactive ketones (excluding diaryl/α,β-unsaturated/α-hetero) is 1. The summed E-state index contributed by atoms with van der Waals surface area (Å²) in [6, 6.07) is 8.88. The van der Waals surface area contributed by atoms with Gasteiger partial charge in [-0.25, -0.2) is 0 Å². The predicted octanol–water partition coefficient (Wildman–Crippen LogP) is 3.51. The topological polar surface area (TPSA) is 102 Å². The van der Waals surface area contributed by atoms with E-state index in [1.165, 1.54) is 6.92 Å². The highest BCUT2D eigenvalue weighted by atomic mass is 32.2. The van der Waals surface area contributed by atoms with Crippen LogP contribution < -0.4 is 10.6 Å². The number of ether oxygens (including phenoxy) is 1. The third-order valence-electron chi connectivity index (χ3n) is 5.57. The molecule has 1 aromatic rings. The van der Waals surface area contributed by atoms with Gasteiger partial charge in [0.25, 0.3) is 0 Å². The van der Waals surface area contributed by atoms with Gasteiger partial charge in [-0.1, -0.05) is 50.6 Å². The van der Waals surface area contributed by atoms with Crippen LogP contribution >= 0.6 is 11.8 Å². The van der Waals surface area contributed by atoms with E-state index in [2.05, 4.69) is 10.6 Å². The lowest BCUT2D eigenvalue weighted by molar-refractivity contribution is -0.145. The molecule has 33 heavy (non-hydrogen) atoms. The fourth-order valence-electron chi connectivity index (χ4n) is 3.38. The summed E-state index contributed by atoms with van der Waals surface area (Å²) in [6.07, 6.45) is 4.00. The average molecular weight is 479 g/mol. The molecule has 0 fully saturated rings. The number of carbonyl (C=O) groups is 4. The molecular formula is C25H38N2O5S. The van der Waals surface area contributed by atoms with Crippen molar-refractivity contribution in [1.82, 2.24) is 10.6 Å². The first kappa shape index (κ1) is 28.7. The van der Waals surface area contributed by atoms with Crippen LogP contribution in [0.5, 0.6) is 0 Å². The number of rotatable bonds is 16. The molecule has 8 heteroatoms. The molecule has 0 saturated carbocycles. The molecule has 3 atom stereocenters. The Labute approximate surface area is 201 Å². The third kappa shape index (κ3) is 11.9. The number of amides is 2. The van der Waals surface area contributed by atoms with Crippen LogP contribution in [-0.4, -0.2) is 48.2 Å². The highest BCUT2D eigenvalue weighted by Crippen LogP contribution is 2.21. The molecule has 0 saturated heterocycles. The van der Waals surface area contributed by atoms with Crippen molar-refractivity contribution in [1.29, 1.82) is 0 Å². The largest absolute Gasteiger partial charge is 0.461 e. The van der Waals surface area contributed by atoms with E-state index >= 15 is 0 Å². The maximum atomic E-state index is 12.9. The fraction of sp³-hybridized carbons (Fsp3) is 0.600. The van der Waals surface area contributed by atoms with Crippen LogP contribution in [-0.2, 0) is 30.5 Å². The summed E-state index contributed by atoms with van der Waals surface area (Å²) in [5.74, 6) is -0.587. The summed E-state index contributed by atoms with van der Waals surface area (Å²) in [7, 11) is 0. The first-order valence-electron chi connectivity index (χ1n) is 11.5. The number of nitrogens with one attached hydrogen (secondary N) is 2. The van der Waals surface area contributed by atoms with E-state index in [1.54, 1.807) is 11.8 Å². The molecule has 1 aromatic carbocycles. The molecule has 0 aliphatic heterocycles. The summed E-state index contributed by atoms with van der Waals surface area (Å²) in [5, 5.41) is 5.58. The van der Waals surface area contributed by atoms with E-state index in [9.17, 15) is 19.2 Å². The van der Waals surface area contributed by atoms with E-state index in [0.717, 1.165) is 17.7 Å². The number of hydrogen-bond acceptors (Lipinski definition) is 6. The molecule has 2 N–H and O–H groups in total. The maximum Gasteiger partial charge on any atom is 0.306 e. The Morgan fingerprint density at radius 1 is 1.12 bits per heavy atom. The Morgan fingerprint density at radius 3 is 2.42 bits per heavy atom. The van der Waals surface area contributed by atoms with Crippen molar-refractivity contribution >= 4 is 35.3 Å². The summed E-state index contributed by atoms with van der Waals surface area (Å²) >= 11 is 1.61. The van der Waals surface area contributed by atoms with Gasteiger partial charge in [-0.2, -0.15) is 11.8 Å². The van der Waals surface area contributed by atoms with Crippen molar-refractivity contribution in [2.45, 2.75) is 65.5 Å². The summed E-state index contributed by atoms with van der Waals surface area (Å²) in [4.78, 5) is 49.1. The number of thioether (sulfide) groups is 1. The lowest BCUT2D eigenvalue weighted by Crippen LogP contribution is -2.43. The van der Waals surface area contributed by atoms with E-state index in [0.29, 0.717) is 19.4 Å². The molecule has 0 unspecified atom stereocenters. The Morgan fingerprint density at radius 2 is 1.82 bits per heavy atom. The first-order chi connectivity index (χ1) is 15.8. The Bertz CT molecular complexity index is 756. The molecule has 0 aliphatic carbocycles. The zero-order valence-electron chi connectivity index (χ0n) is 20.2. The van der Waals surface area contributed by atoms with Crippen LogP contribution in [0.25, 0.3) is 0 Å². The van der Waals surface area contributed by atoms with Crippen molar-refractivity contribution in [2.75, 3.05) is 18.6 Å². The van der Waals surface area contributed by atoms with Crippen LogP contribution in [0.15, 0.2) is 30.3 Å². The molecule has 0 spiro atoms. The standard InChI is InChI=1S/C25H38N2O5S/c1-5-18(2)21(16-23(29)22(13-15-33-4)27-19(3)28)25(31)26-14-9-12-24(30)32-17-20-10-7-6-8-11-20/h6-8,10-11,18,21-22H,5,9,12-17H2,1-4H3,(H,26,31)(H,27,28)/t18-,21-,22-/m0/s1. The molecule has 0 bridgehead atoms. The van der Waals surface area contributed by atoms with Gasteiger partial charge < -0.3 is 15.4 Å². The smallest absolute Gasteiger partial charge is 0.306 e. The molecule has 7 nitrogen and oxygen atoms in total.